The SMILES string of the molecule is Cc1cc(C2=CCN(C(=O)OC(C)(C)C)CC2)ccc1C#N.Cc1cc(C2CCN(C(=O)O)CC2)ccc1C#N. The zero-order valence-corrected chi connectivity index (χ0v) is 24.0. The van der Waals surface area contributed by atoms with Crippen molar-refractivity contribution in [2.45, 2.75) is 65.4 Å². The number of amides is 2. The van der Waals surface area contributed by atoms with Crippen molar-refractivity contribution >= 4 is 17.8 Å². The summed E-state index contributed by atoms with van der Waals surface area (Å²) in [5.74, 6) is 0.409. The van der Waals surface area contributed by atoms with Crippen LogP contribution < -0.4 is 0 Å². The molecule has 2 aliphatic rings. The van der Waals surface area contributed by atoms with Crippen LogP contribution in [0, 0.1) is 36.5 Å². The summed E-state index contributed by atoms with van der Waals surface area (Å²) >= 11 is 0. The van der Waals surface area contributed by atoms with Crippen LogP contribution in [-0.4, -0.2) is 58.9 Å². The fraction of sp³-hybridized carbons (Fsp3) is 0.438. The number of piperidine rings is 1. The summed E-state index contributed by atoms with van der Waals surface area (Å²) in [6, 6.07) is 16.1. The maximum atomic E-state index is 12.0. The Morgan fingerprint density at radius 2 is 1.52 bits per heavy atom. The lowest BCUT2D eigenvalue weighted by Crippen LogP contribution is -2.39. The van der Waals surface area contributed by atoms with Crippen LogP contribution in [0.4, 0.5) is 9.59 Å². The number of ether oxygens (including phenoxy) is 1. The molecule has 1 fully saturated rings. The molecule has 2 aliphatic heterocycles. The molecule has 1 N–H and O–H groups in total. The van der Waals surface area contributed by atoms with Gasteiger partial charge in [0.2, 0.25) is 0 Å². The first-order chi connectivity index (χ1) is 18.9. The number of aryl methyl sites for hydroxylation is 2. The van der Waals surface area contributed by atoms with Gasteiger partial charge in [0.15, 0.2) is 0 Å². The van der Waals surface area contributed by atoms with E-state index in [1.54, 1.807) is 4.90 Å². The van der Waals surface area contributed by atoms with Crippen molar-refractivity contribution in [1.82, 2.24) is 9.80 Å². The Bertz CT molecular complexity index is 1350. The van der Waals surface area contributed by atoms with Crippen LogP contribution in [0.1, 0.15) is 79.3 Å². The minimum absolute atomic E-state index is 0.265. The summed E-state index contributed by atoms with van der Waals surface area (Å²) in [6.07, 6.45) is 3.48. The molecule has 2 heterocycles. The molecule has 2 aromatic rings. The number of hydrogen-bond acceptors (Lipinski definition) is 5. The molecule has 2 aromatic carbocycles. The van der Waals surface area contributed by atoms with Gasteiger partial charge in [-0.15, -0.1) is 0 Å². The molecule has 8 heteroatoms. The monoisotopic (exact) mass is 542 g/mol. The molecule has 40 heavy (non-hydrogen) atoms. The normalized spacial score (nSPS) is 15.6. The summed E-state index contributed by atoms with van der Waals surface area (Å²) in [5.41, 5.74) is 6.48. The van der Waals surface area contributed by atoms with Gasteiger partial charge in [-0.25, -0.2) is 9.59 Å². The standard InChI is InChI=1S/C18H22N2O2.C14H16N2O2/c1-13-11-15(5-6-16(13)12-19)14-7-9-20(10-8-14)17(21)22-18(2,3)4;1-10-8-12(2-3-13(10)9-15)11-4-6-16(7-5-11)14(17)18/h5-7,11H,8-10H2,1-4H3;2-3,8,11H,4-7H2,1H3,(H,17,18). The van der Waals surface area contributed by atoms with E-state index in [4.69, 9.17) is 20.4 Å². The maximum absolute atomic E-state index is 12.0. The second kappa shape index (κ2) is 13.2. The number of carboxylic acid groups (broad SMARTS) is 1. The summed E-state index contributed by atoms with van der Waals surface area (Å²) in [6.45, 7) is 11.9. The van der Waals surface area contributed by atoms with Gasteiger partial charge in [-0.05, 0) is 99.8 Å². The predicted molar refractivity (Wildman–Crippen MR) is 154 cm³/mol. The first-order valence-corrected chi connectivity index (χ1v) is 13.6. The third-order valence-electron chi connectivity index (χ3n) is 7.19. The van der Waals surface area contributed by atoms with Crippen LogP contribution in [0.2, 0.25) is 0 Å². The highest BCUT2D eigenvalue weighted by Gasteiger charge is 2.25. The van der Waals surface area contributed by atoms with E-state index >= 15 is 0 Å². The number of carbonyl (C=O) groups excluding carboxylic acids is 1. The Morgan fingerprint density at radius 3 is 2.00 bits per heavy atom. The maximum Gasteiger partial charge on any atom is 0.410 e. The van der Waals surface area contributed by atoms with Gasteiger partial charge in [0.25, 0.3) is 0 Å². The van der Waals surface area contributed by atoms with Gasteiger partial charge in [0.05, 0.1) is 23.3 Å². The Labute approximate surface area is 237 Å². The van der Waals surface area contributed by atoms with Crippen molar-refractivity contribution in [3.8, 4) is 12.1 Å². The molecule has 0 saturated carbocycles. The third kappa shape index (κ3) is 8.10. The van der Waals surface area contributed by atoms with E-state index in [1.165, 1.54) is 16.0 Å². The van der Waals surface area contributed by atoms with Crippen molar-refractivity contribution in [2.75, 3.05) is 26.2 Å². The van der Waals surface area contributed by atoms with Crippen LogP contribution in [0.3, 0.4) is 0 Å². The third-order valence-corrected chi connectivity index (χ3v) is 7.19. The van der Waals surface area contributed by atoms with E-state index in [1.807, 2.05) is 65.0 Å². The number of nitriles is 2. The van der Waals surface area contributed by atoms with Crippen molar-refractivity contribution < 1.29 is 19.4 Å². The quantitative estimate of drug-likeness (QED) is 0.456. The topological polar surface area (TPSA) is 118 Å². The van der Waals surface area contributed by atoms with E-state index in [0.29, 0.717) is 43.2 Å². The molecule has 8 nitrogen and oxygen atoms in total. The largest absolute Gasteiger partial charge is 0.465 e. The van der Waals surface area contributed by atoms with E-state index in [0.717, 1.165) is 36.0 Å². The molecule has 1 saturated heterocycles. The van der Waals surface area contributed by atoms with Crippen molar-refractivity contribution in [3.05, 3.63) is 75.9 Å². The van der Waals surface area contributed by atoms with E-state index in [2.05, 4.69) is 24.3 Å². The number of benzene rings is 2. The van der Waals surface area contributed by atoms with Crippen LogP contribution in [0.15, 0.2) is 42.5 Å². The van der Waals surface area contributed by atoms with Crippen molar-refractivity contribution in [1.29, 1.82) is 10.5 Å². The molecule has 0 atom stereocenters. The average molecular weight is 543 g/mol. The van der Waals surface area contributed by atoms with E-state index in [-0.39, 0.29) is 6.09 Å². The predicted octanol–water partition coefficient (Wildman–Crippen LogP) is 6.62. The minimum atomic E-state index is -0.829. The van der Waals surface area contributed by atoms with Gasteiger partial charge in [-0.2, -0.15) is 10.5 Å². The number of likely N-dealkylation sites (tertiary alicyclic amines) is 1. The van der Waals surface area contributed by atoms with Crippen molar-refractivity contribution in [2.24, 2.45) is 0 Å². The summed E-state index contributed by atoms with van der Waals surface area (Å²) in [5, 5.41) is 26.8. The average Bonchev–Trinajstić information content (AvgIpc) is 2.92. The molecule has 0 aliphatic carbocycles. The van der Waals surface area contributed by atoms with Crippen molar-refractivity contribution in [3.63, 3.8) is 0 Å². The summed E-state index contributed by atoms with van der Waals surface area (Å²) < 4.78 is 5.39. The lowest BCUT2D eigenvalue weighted by Gasteiger charge is -2.30. The molecule has 2 amide bonds. The zero-order valence-electron chi connectivity index (χ0n) is 24.0. The molecule has 0 spiro atoms. The molecular weight excluding hydrogens is 504 g/mol. The van der Waals surface area contributed by atoms with Gasteiger partial charge in [0, 0.05) is 26.2 Å². The molecule has 4 rings (SSSR count). The summed E-state index contributed by atoms with van der Waals surface area (Å²) in [7, 11) is 0. The minimum Gasteiger partial charge on any atom is -0.465 e. The van der Waals surface area contributed by atoms with Crippen LogP contribution in [0.5, 0.6) is 0 Å². The zero-order chi connectivity index (χ0) is 29.4. The molecule has 210 valence electrons. The van der Waals surface area contributed by atoms with Gasteiger partial charge in [0.1, 0.15) is 5.60 Å². The first-order valence-electron chi connectivity index (χ1n) is 13.6. The second-order valence-corrected chi connectivity index (χ2v) is 11.3. The molecule has 0 aromatic heterocycles. The molecule has 0 unspecified atom stereocenters. The fourth-order valence-electron chi connectivity index (χ4n) is 4.88. The second-order valence-electron chi connectivity index (χ2n) is 11.3. The van der Waals surface area contributed by atoms with Crippen LogP contribution in [0.25, 0.3) is 5.57 Å². The molecule has 0 radical (unpaired) electrons. The highest BCUT2D eigenvalue weighted by molar-refractivity contribution is 5.73. The van der Waals surface area contributed by atoms with Gasteiger partial charge in [-0.1, -0.05) is 30.3 Å². The Morgan fingerprint density at radius 1 is 0.925 bits per heavy atom. The highest BCUT2D eigenvalue weighted by atomic mass is 16.6. The Balaban J connectivity index is 0.000000225. The lowest BCUT2D eigenvalue weighted by molar-refractivity contribution is 0.0270. The lowest BCUT2D eigenvalue weighted by atomic mass is 9.88. The van der Waals surface area contributed by atoms with Gasteiger partial charge in [-0.3, -0.25) is 0 Å². The van der Waals surface area contributed by atoms with E-state index in [9.17, 15) is 9.59 Å². The fourth-order valence-corrected chi connectivity index (χ4v) is 4.88. The highest BCUT2D eigenvalue weighted by Crippen LogP contribution is 2.29. The number of carbonyl (C=O) groups is 2. The molecular formula is C32H38N4O4. The Kier molecular flexibility index (Phi) is 9.96. The number of hydrogen-bond donors (Lipinski definition) is 1. The first kappa shape index (κ1) is 30.2. The smallest absolute Gasteiger partial charge is 0.410 e. The number of rotatable bonds is 2. The van der Waals surface area contributed by atoms with Gasteiger partial charge >= 0.3 is 12.2 Å². The van der Waals surface area contributed by atoms with E-state index < -0.39 is 11.7 Å². The van der Waals surface area contributed by atoms with Crippen LogP contribution >= 0.6 is 0 Å². The number of nitrogens with zero attached hydrogens (tertiary/aromatic N) is 4. The Hall–Kier alpha value is -4.30. The molecule has 0 bridgehead atoms. The van der Waals surface area contributed by atoms with Crippen LogP contribution in [-0.2, 0) is 4.74 Å². The van der Waals surface area contributed by atoms with Gasteiger partial charge < -0.3 is 19.6 Å². The summed E-state index contributed by atoms with van der Waals surface area (Å²) in [4.78, 5) is 26.0.